The summed E-state index contributed by atoms with van der Waals surface area (Å²) in [6.45, 7) is 8.07. The van der Waals surface area contributed by atoms with Gasteiger partial charge in [-0.15, -0.1) is 5.10 Å². The second-order valence-electron chi connectivity index (χ2n) is 9.91. The lowest BCUT2D eigenvalue weighted by atomic mass is 9.95. The first-order chi connectivity index (χ1) is 19.3. The minimum atomic E-state index is -0.518. The van der Waals surface area contributed by atoms with E-state index in [1.807, 2.05) is 81.4 Å². The fourth-order valence-corrected chi connectivity index (χ4v) is 5.63. The quantitative estimate of drug-likeness (QED) is 0.165. The number of nitrogens with zero attached hydrogens (tertiary/aromatic N) is 3. The molecule has 0 saturated carbocycles. The van der Waals surface area contributed by atoms with E-state index in [1.165, 1.54) is 17.3 Å². The van der Waals surface area contributed by atoms with Crippen molar-refractivity contribution in [3.8, 4) is 5.75 Å². The highest BCUT2D eigenvalue weighted by Gasteiger charge is 2.35. The van der Waals surface area contributed by atoms with Crippen molar-refractivity contribution in [2.24, 2.45) is 0 Å². The number of hydrogen-bond donors (Lipinski definition) is 1. The van der Waals surface area contributed by atoms with Gasteiger partial charge in [-0.3, -0.25) is 0 Å². The number of esters is 1. The normalized spacial score (nSPS) is 14.6. The maximum atomic E-state index is 13.3. The number of benzene rings is 3. The highest BCUT2D eigenvalue weighted by Crippen LogP contribution is 2.38. The molecule has 0 amide bonds. The van der Waals surface area contributed by atoms with Crippen LogP contribution in [0.25, 0.3) is 0 Å². The van der Waals surface area contributed by atoms with Crippen LogP contribution in [0, 0.1) is 6.92 Å². The predicted octanol–water partition coefficient (Wildman–Crippen LogP) is 7.35. The number of carbonyl (C=O) groups is 1. The number of carbonyl (C=O) groups excluding carboxylic acids is 1. The Morgan fingerprint density at radius 3 is 2.58 bits per heavy atom. The molecule has 206 valence electrons. The molecule has 1 N–H and O–H groups in total. The van der Waals surface area contributed by atoms with Gasteiger partial charge in [0.2, 0.25) is 11.1 Å². The zero-order valence-corrected chi connectivity index (χ0v) is 24.4. The number of fused-ring (bicyclic) bond motifs is 1. The van der Waals surface area contributed by atoms with Crippen LogP contribution in [0.4, 0.5) is 5.95 Å². The topological polar surface area (TPSA) is 78.3 Å². The van der Waals surface area contributed by atoms with Gasteiger partial charge in [-0.2, -0.15) is 4.98 Å². The summed E-state index contributed by atoms with van der Waals surface area (Å²) in [6.07, 6.45) is -0.260. The van der Waals surface area contributed by atoms with E-state index in [0.717, 1.165) is 22.4 Å². The number of allylic oxidation sites excluding steroid dienone is 1. The van der Waals surface area contributed by atoms with Crippen molar-refractivity contribution >= 4 is 35.3 Å². The molecule has 0 radical (unpaired) electrons. The number of aromatic nitrogens is 3. The van der Waals surface area contributed by atoms with Crippen LogP contribution in [0.15, 0.2) is 89.2 Å². The van der Waals surface area contributed by atoms with Gasteiger partial charge in [-0.1, -0.05) is 83.5 Å². The van der Waals surface area contributed by atoms with Crippen molar-refractivity contribution in [1.29, 1.82) is 0 Å². The highest BCUT2D eigenvalue weighted by atomic mass is 35.5. The number of rotatable bonds is 9. The lowest BCUT2D eigenvalue weighted by molar-refractivity contribution is -0.143. The van der Waals surface area contributed by atoms with Crippen LogP contribution in [0.3, 0.4) is 0 Å². The summed E-state index contributed by atoms with van der Waals surface area (Å²) in [7, 11) is 0. The highest BCUT2D eigenvalue weighted by molar-refractivity contribution is 7.98. The Bertz CT molecular complexity index is 1550. The number of aryl methyl sites for hydroxylation is 1. The Morgan fingerprint density at radius 2 is 1.85 bits per heavy atom. The Kier molecular flexibility index (Phi) is 8.47. The lowest BCUT2D eigenvalue weighted by Crippen LogP contribution is -2.30. The molecule has 0 bridgehead atoms. The van der Waals surface area contributed by atoms with Crippen molar-refractivity contribution in [2.75, 3.05) is 5.32 Å². The molecule has 1 aliphatic rings. The Hall–Kier alpha value is -3.75. The summed E-state index contributed by atoms with van der Waals surface area (Å²) in [5.41, 5.74) is 5.34. The maximum absolute atomic E-state index is 13.3. The van der Waals surface area contributed by atoms with E-state index in [1.54, 1.807) is 4.68 Å². The molecule has 3 aromatic carbocycles. The second kappa shape index (κ2) is 12.2. The predicted molar refractivity (Wildman–Crippen MR) is 159 cm³/mol. The van der Waals surface area contributed by atoms with Crippen molar-refractivity contribution in [3.05, 3.63) is 111 Å². The van der Waals surface area contributed by atoms with Gasteiger partial charge >= 0.3 is 5.97 Å². The Labute approximate surface area is 243 Å². The lowest BCUT2D eigenvalue weighted by Gasteiger charge is -2.28. The molecule has 5 rings (SSSR count). The number of anilines is 1. The first kappa shape index (κ1) is 27.8. The molecule has 1 aromatic heterocycles. The van der Waals surface area contributed by atoms with Crippen LogP contribution >= 0.6 is 23.4 Å². The molecule has 0 saturated heterocycles. The van der Waals surface area contributed by atoms with E-state index in [4.69, 9.17) is 31.2 Å². The zero-order valence-electron chi connectivity index (χ0n) is 22.8. The van der Waals surface area contributed by atoms with E-state index in [0.29, 0.717) is 39.8 Å². The zero-order chi connectivity index (χ0) is 28.2. The van der Waals surface area contributed by atoms with Gasteiger partial charge < -0.3 is 14.8 Å². The maximum Gasteiger partial charge on any atom is 0.338 e. The van der Waals surface area contributed by atoms with E-state index < -0.39 is 12.0 Å². The number of ether oxygens (including phenoxy) is 2. The van der Waals surface area contributed by atoms with Gasteiger partial charge in [-0.05, 0) is 62.6 Å². The van der Waals surface area contributed by atoms with Crippen molar-refractivity contribution in [2.45, 2.75) is 57.4 Å². The van der Waals surface area contributed by atoms with Crippen LogP contribution in [-0.4, -0.2) is 26.8 Å². The molecule has 40 heavy (non-hydrogen) atoms. The average molecular weight is 575 g/mol. The SMILES string of the molecule is CC1=C(C(=O)OC(C)C)C(c2ccc(OCc3cccc(C)c3)cc2)n2nc(SCc3ccccc3Cl)nc2N1. The second-order valence-corrected chi connectivity index (χ2v) is 11.3. The van der Waals surface area contributed by atoms with Gasteiger partial charge in [0.1, 0.15) is 18.4 Å². The summed E-state index contributed by atoms with van der Waals surface area (Å²) in [5.74, 6) is 1.53. The van der Waals surface area contributed by atoms with E-state index in [-0.39, 0.29) is 6.10 Å². The third-order valence-corrected chi connectivity index (χ3v) is 7.65. The number of nitrogens with one attached hydrogen (secondary N) is 1. The van der Waals surface area contributed by atoms with E-state index in [9.17, 15) is 4.79 Å². The third kappa shape index (κ3) is 6.35. The first-order valence-corrected chi connectivity index (χ1v) is 14.4. The van der Waals surface area contributed by atoms with Gasteiger partial charge in [-0.25, -0.2) is 9.48 Å². The monoisotopic (exact) mass is 574 g/mol. The molecule has 4 aromatic rings. The fourth-order valence-electron chi connectivity index (χ4n) is 4.52. The molecule has 2 heterocycles. The largest absolute Gasteiger partial charge is 0.489 e. The molecule has 0 fully saturated rings. The van der Waals surface area contributed by atoms with Crippen LogP contribution in [0.2, 0.25) is 5.02 Å². The Balaban J connectivity index is 1.42. The summed E-state index contributed by atoms with van der Waals surface area (Å²) in [5, 5.41) is 9.33. The van der Waals surface area contributed by atoms with Crippen LogP contribution in [0.5, 0.6) is 5.75 Å². The number of hydrogen-bond acceptors (Lipinski definition) is 7. The minimum absolute atomic E-state index is 0.260. The average Bonchev–Trinajstić information content (AvgIpc) is 3.33. The van der Waals surface area contributed by atoms with Gasteiger partial charge in [0.25, 0.3) is 0 Å². The van der Waals surface area contributed by atoms with Crippen molar-refractivity contribution in [3.63, 3.8) is 0 Å². The van der Waals surface area contributed by atoms with Crippen LogP contribution in [0.1, 0.15) is 49.1 Å². The summed E-state index contributed by atoms with van der Waals surface area (Å²) in [6, 6.07) is 23.2. The molecule has 0 spiro atoms. The van der Waals surface area contributed by atoms with E-state index in [2.05, 4.69) is 24.4 Å². The van der Waals surface area contributed by atoms with Gasteiger partial charge in [0.15, 0.2) is 0 Å². The fraction of sp³-hybridized carbons (Fsp3) is 0.258. The molecule has 1 aliphatic heterocycles. The first-order valence-electron chi connectivity index (χ1n) is 13.1. The summed E-state index contributed by atoms with van der Waals surface area (Å²) >= 11 is 7.83. The smallest absolute Gasteiger partial charge is 0.338 e. The Morgan fingerprint density at radius 1 is 1.07 bits per heavy atom. The van der Waals surface area contributed by atoms with Crippen molar-refractivity contribution in [1.82, 2.24) is 14.8 Å². The number of halogens is 1. The van der Waals surface area contributed by atoms with Crippen LogP contribution in [-0.2, 0) is 21.9 Å². The summed E-state index contributed by atoms with van der Waals surface area (Å²) in [4.78, 5) is 18.0. The van der Waals surface area contributed by atoms with Crippen LogP contribution < -0.4 is 10.1 Å². The van der Waals surface area contributed by atoms with E-state index >= 15 is 0 Å². The molecule has 0 aliphatic carbocycles. The standard InChI is InChI=1S/C31H31ClN4O3S/c1-19(2)39-29(37)27-21(4)33-30-34-31(40-18-24-10-5-6-11-26(24)32)35-36(30)28(27)23-12-14-25(15-13-23)38-17-22-9-7-8-20(3)16-22/h5-16,19,28H,17-18H2,1-4H3,(H,33,34,35). The minimum Gasteiger partial charge on any atom is -0.489 e. The van der Waals surface area contributed by atoms with Crippen molar-refractivity contribution < 1.29 is 14.3 Å². The van der Waals surface area contributed by atoms with Gasteiger partial charge in [0.05, 0.1) is 11.7 Å². The molecular weight excluding hydrogens is 544 g/mol. The molecule has 9 heteroatoms. The molecule has 1 atom stereocenters. The molecule has 1 unspecified atom stereocenters. The number of thioether (sulfide) groups is 1. The molecule has 7 nitrogen and oxygen atoms in total. The van der Waals surface area contributed by atoms with Gasteiger partial charge in [0, 0.05) is 16.5 Å². The summed E-state index contributed by atoms with van der Waals surface area (Å²) < 4.78 is 13.4. The third-order valence-electron chi connectivity index (χ3n) is 6.39. The molecular formula is C31H31ClN4O3S.